The number of hydrogen-bond acceptors (Lipinski definition) is 2. The van der Waals surface area contributed by atoms with Gasteiger partial charge in [-0.15, -0.1) is 0 Å². The van der Waals surface area contributed by atoms with E-state index in [2.05, 4.69) is 15.9 Å². The molecule has 0 radical (unpaired) electrons. The van der Waals surface area contributed by atoms with Crippen LogP contribution in [0.4, 0.5) is 0 Å². The molecule has 0 bridgehead atoms. The second kappa shape index (κ2) is 5.38. The third kappa shape index (κ3) is 3.69. The smallest absolute Gasteiger partial charge is 0.317 e. The third-order valence-electron chi connectivity index (χ3n) is 2.79. The van der Waals surface area contributed by atoms with Crippen molar-refractivity contribution in [3.63, 3.8) is 0 Å². The average Bonchev–Trinajstić information content (AvgIpc) is 3.03. The molecule has 0 aliphatic heterocycles. The summed E-state index contributed by atoms with van der Waals surface area (Å²) in [6.07, 6.45) is 2.19. The Kier molecular flexibility index (Phi) is 4.07. The lowest BCUT2D eigenvalue weighted by Gasteiger charge is -2.20. The Morgan fingerprint density at radius 1 is 1.53 bits per heavy atom. The summed E-state index contributed by atoms with van der Waals surface area (Å²) in [5.74, 6) is -0.776. The van der Waals surface area contributed by atoms with E-state index in [1.807, 2.05) is 23.1 Å². The quantitative estimate of drug-likeness (QED) is 0.906. The van der Waals surface area contributed by atoms with Gasteiger partial charge in [0, 0.05) is 22.1 Å². The van der Waals surface area contributed by atoms with E-state index < -0.39 is 5.97 Å². The highest BCUT2D eigenvalue weighted by molar-refractivity contribution is 9.10. The molecule has 0 amide bonds. The first kappa shape index (κ1) is 12.9. The fourth-order valence-electron chi connectivity index (χ4n) is 1.80. The van der Waals surface area contributed by atoms with E-state index in [4.69, 9.17) is 16.7 Å². The van der Waals surface area contributed by atoms with Gasteiger partial charge in [-0.2, -0.15) is 0 Å². The van der Waals surface area contributed by atoms with Crippen molar-refractivity contribution in [2.45, 2.75) is 25.4 Å². The van der Waals surface area contributed by atoms with Gasteiger partial charge in [-0.05, 0) is 30.5 Å². The van der Waals surface area contributed by atoms with Gasteiger partial charge in [0.2, 0.25) is 0 Å². The fourth-order valence-corrected chi connectivity index (χ4v) is 2.60. The largest absolute Gasteiger partial charge is 0.480 e. The van der Waals surface area contributed by atoms with E-state index in [1.54, 1.807) is 0 Å². The molecule has 5 heteroatoms. The molecule has 0 saturated heterocycles. The maximum absolute atomic E-state index is 10.8. The Balaban J connectivity index is 2.08. The normalized spacial score (nSPS) is 15.2. The third-order valence-corrected chi connectivity index (χ3v) is 3.76. The Morgan fingerprint density at radius 3 is 2.76 bits per heavy atom. The molecule has 1 aliphatic rings. The van der Waals surface area contributed by atoms with Crippen molar-refractivity contribution in [2.75, 3.05) is 6.54 Å². The van der Waals surface area contributed by atoms with Crippen molar-refractivity contribution in [3.05, 3.63) is 33.3 Å². The molecule has 92 valence electrons. The number of nitrogens with zero attached hydrogens (tertiary/aromatic N) is 1. The van der Waals surface area contributed by atoms with Gasteiger partial charge in [0.15, 0.2) is 0 Å². The molecular weight excluding hydrogens is 305 g/mol. The van der Waals surface area contributed by atoms with E-state index in [1.165, 1.54) is 0 Å². The Morgan fingerprint density at radius 2 is 2.24 bits per heavy atom. The zero-order valence-electron chi connectivity index (χ0n) is 9.20. The van der Waals surface area contributed by atoms with E-state index in [9.17, 15) is 4.79 Å². The summed E-state index contributed by atoms with van der Waals surface area (Å²) in [5, 5.41) is 9.56. The summed E-state index contributed by atoms with van der Waals surface area (Å²) < 4.78 is 0.932. The fraction of sp³-hybridized carbons (Fsp3) is 0.417. The van der Waals surface area contributed by atoms with Gasteiger partial charge in [-0.3, -0.25) is 9.69 Å². The standard InChI is InChI=1S/C12H13BrClNO2/c13-11-5-9(14)2-1-8(11)6-15(7-12(16)17)10-3-4-10/h1-2,5,10H,3-4,6-7H2,(H,16,17). The molecule has 1 aromatic carbocycles. The molecule has 0 heterocycles. The van der Waals surface area contributed by atoms with Crippen LogP contribution in [-0.2, 0) is 11.3 Å². The lowest BCUT2D eigenvalue weighted by molar-refractivity contribution is -0.138. The molecule has 1 aliphatic carbocycles. The predicted octanol–water partition coefficient (Wildman–Crippen LogP) is 3.15. The predicted molar refractivity (Wildman–Crippen MR) is 70.2 cm³/mol. The Hall–Kier alpha value is -0.580. The minimum atomic E-state index is -0.776. The maximum Gasteiger partial charge on any atom is 0.317 e. The minimum absolute atomic E-state index is 0.0970. The molecule has 3 nitrogen and oxygen atoms in total. The van der Waals surface area contributed by atoms with Crippen LogP contribution in [0.15, 0.2) is 22.7 Å². The monoisotopic (exact) mass is 317 g/mol. The van der Waals surface area contributed by atoms with Crippen LogP contribution >= 0.6 is 27.5 Å². The van der Waals surface area contributed by atoms with E-state index in [0.717, 1.165) is 22.9 Å². The number of halogens is 2. The molecule has 2 rings (SSSR count). The lowest BCUT2D eigenvalue weighted by Crippen LogP contribution is -2.31. The first-order valence-electron chi connectivity index (χ1n) is 5.46. The molecule has 17 heavy (non-hydrogen) atoms. The van der Waals surface area contributed by atoms with Crippen LogP contribution < -0.4 is 0 Å². The number of carbonyl (C=O) groups is 1. The van der Waals surface area contributed by atoms with Crippen LogP contribution in [0.1, 0.15) is 18.4 Å². The topological polar surface area (TPSA) is 40.5 Å². The van der Waals surface area contributed by atoms with Crippen LogP contribution in [0.2, 0.25) is 5.02 Å². The van der Waals surface area contributed by atoms with Crippen LogP contribution in [-0.4, -0.2) is 28.6 Å². The van der Waals surface area contributed by atoms with E-state index in [0.29, 0.717) is 17.6 Å². The molecule has 0 aromatic heterocycles. The summed E-state index contributed by atoms with van der Waals surface area (Å²) in [5.41, 5.74) is 1.07. The first-order valence-corrected chi connectivity index (χ1v) is 6.63. The first-order chi connectivity index (χ1) is 8.06. The van der Waals surface area contributed by atoms with Crippen molar-refractivity contribution in [1.29, 1.82) is 0 Å². The Bertz CT molecular complexity index is 435. The van der Waals surface area contributed by atoms with Gasteiger partial charge in [0.1, 0.15) is 0 Å². The number of benzene rings is 1. The van der Waals surface area contributed by atoms with E-state index >= 15 is 0 Å². The van der Waals surface area contributed by atoms with Crippen molar-refractivity contribution >= 4 is 33.5 Å². The van der Waals surface area contributed by atoms with Crippen molar-refractivity contribution in [3.8, 4) is 0 Å². The molecule has 0 spiro atoms. The highest BCUT2D eigenvalue weighted by Gasteiger charge is 2.30. The van der Waals surface area contributed by atoms with Crippen LogP contribution in [0.5, 0.6) is 0 Å². The number of carboxylic acid groups (broad SMARTS) is 1. The summed E-state index contributed by atoms with van der Waals surface area (Å²) in [7, 11) is 0. The van der Waals surface area contributed by atoms with Gasteiger partial charge >= 0.3 is 5.97 Å². The molecule has 1 fully saturated rings. The van der Waals surface area contributed by atoms with Gasteiger partial charge in [-0.1, -0.05) is 33.6 Å². The summed E-state index contributed by atoms with van der Waals surface area (Å²) >= 11 is 9.33. The summed E-state index contributed by atoms with van der Waals surface area (Å²) in [4.78, 5) is 12.8. The minimum Gasteiger partial charge on any atom is -0.480 e. The van der Waals surface area contributed by atoms with Crippen molar-refractivity contribution in [1.82, 2.24) is 4.90 Å². The van der Waals surface area contributed by atoms with Crippen LogP contribution in [0.25, 0.3) is 0 Å². The van der Waals surface area contributed by atoms with Crippen LogP contribution in [0, 0.1) is 0 Å². The van der Waals surface area contributed by atoms with Crippen LogP contribution in [0.3, 0.4) is 0 Å². The van der Waals surface area contributed by atoms with Gasteiger partial charge in [0.05, 0.1) is 6.54 Å². The van der Waals surface area contributed by atoms with Crippen molar-refractivity contribution < 1.29 is 9.90 Å². The average molecular weight is 319 g/mol. The SMILES string of the molecule is O=C(O)CN(Cc1ccc(Cl)cc1Br)C1CC1. The Labute approximate surface area is 114 Å². The number of carboxylic acids is 1. The zero-order chi connectivity index (χ0) is 12.4. The van der Waals surface area contributed by atoms with Gasteiger partial charge < -0.3 is 5.11 Å². The second-order valence-corrected chi connectivity index (χ2v) is 5.56. The lowest BCUT2D eigenvalue weighted by atomic mass is 10.2. The van der Waals surface area contributed by atoms with Crippen molar-refractivity contribution in [2.24, 2.45) is 0 Å². The molecule has 1 aromatic rings. The number of rotatable bonds is 5. The van der Waals surface area contributed by atoms with Gasteiger partial charge in [0.25, 0.3) is 0 Å². The summed E-state index contributed by atoms with van der Waals surface area (Å²) in [6.45, 7) is 0.744. The maximum atomic E-state index is 10.8. The molecule has 1 saturated carbocycles. The molecule has 1 N–H and O–H groups in total. The highest BCUT2D eigenvalue weighted by atomic mass is 79.9. The van der Waals surface area contributed by atoms with E-state index in [-0.39, 0.29) is 6.54 Å². The van der Waals surface area contributed by atoms with Gasteiger partial charge in [-0.25, -0.2) is 0 Å². The number of aliphatic carboxylic acids is 1. The molecular formula is C12H13BrClNO2. The molecule has 0 unspecified atom stereocenters. The second-order valence-electron chi connectivity index (χ2n) is 4.27. The molecule has 0 atom stereocenters. The highest BCUT2D eigenvalue weighted by Crippen LogP contribution is 2.30. The number of hydrogen-bond donors (Lipinski definition) is 1. The summed E-state index contributed by atoms with van der Waals surface area (Å²) in [6, 6.07) is 6.02. The zero-order valence-corrected chi connectivity index (χ0v) is 11.5.